The van der Waals surface area contributed by atoms with Crippen LogP contribution in [0.2, 0.25) is 0 Å². The maximum Gasteiger partial charge on any atom is 0.416 e. The zero-order valence-corrected chi connectivity index (χ0v) is 23.0. The van der Waals surface area contributed by atoms with Crippen molar-refractivity contribution in [2.24, 2.45) is 0 Å². The molecular formula is C27H34F3N3O5S. The number of rotatable bonds is 10. The minimum absolute atomic E-state index is 0.0138. The lowest BCUT2D eigenvalue weighted by atomic mass is 9.95. The van der Waals surface area contributed by atoms with Gasteiger partial charge in [0, 0.05) is 12.6 Å². The Labute approximate surface area is 227 Å². The average molecular weight is 570 g/mol. The lowest BCUT2D eigenvalue weighted by molar-refractivity contribution is -0.139. The van der Waals surface area contributed by atoms with E-state index in [4.69, 9.17) is 4.74 Å². The van der Waals surface area contributed by atoms with E-state index in [2.05, 4.69) is 5.32 Å². The number of nitrogens with zero attached hydrogens (tertiary/aromatic N) is 2. The molecular weight excluding hydrogens is 535 g/mol. The molecule has 0 spiro atoms. The fourth-order valence-electron chi connectivity index (χ4n) is 4.57. The van der Waals surface area contributed by atoms with Gasteiger partial charge >= 0.3 is 6.18 Å². The van der Waals surface area contributed by atoms with Crippen LogP contribution in [0.15, 0.2) is 48.5 Å². The van der Waals surface area contributed by atoms with Gasteiger partial charge in [0.25, 0.3) is 0 Å². The van der Waals surface area contributed by atoms with Crippen LogP contribution in [0.5, 0.6) is 5.75 Å². The van der Waals surface area contributed by atoms with Crippen molar-refractivity contribution in [3.05, 3.63) is 59.7 Å². The Hall–Kier alpha value is -3.28. The van der Waals surface area contributed by atoms with Crippen LogP contribution in [0, 0.1) is 0 Å². The van der Waals surface area contributed by atoms with Gasteiger partial charge in [0.2, 0.25) is 21.8 Å². The number of benzene rings is 2. The summed E-state index contributed by atoms with van der Waals surface area (Å²) in [6, 6.07) is 9.63. The van der Waals surface area contributed by atoms with Crippen molar-refractivity contribution < 1.29 is 35.9 Å². The van der Waals surface area contributed by atoms with Crippen molar-refractivity contribution in [3.8, 4) is 5.75 Å². The topological polar surface area (TPSA) is 96.0 Å². The summed E-state index contributed by atoms with van der Waals surface area (Å²) >= 11 is 0. The Balaban J connectivity index is 1.92. The lowest BCUT2D eigenvalue weighted by Gasteiger charge is -2.33. The number of hydrogen-bond donors (Lipinski definition) is 1. The number of sulfonamides is 1. The summed E-state index contributed by atoms with van der Waals surface area (Å²) in [5.41, 5.74) is -0.721. The molecule has 0 aliphatic heterocycles. The largest absolute Gasteiger partial charge is 0.497 e. The van der Waals surface area contributed by atoms with Crippen molar-refractivity contribution in [1.82, 2.24) is 10.2 Å². The molecule has 1 N–H and O–H groups in total. The molecule has 8 nitrogen and oxygen atoms in total. The highest BCUT2D eigenvalue weighted by Crippen LogP contribution is 2.32. The van der Waals surface area contributed by atoms with Crippen molar-refractivity contribution in [1.29, 1.82) is 0 Å². The molecule has 0 saturated heterocycles. The van der Waals surface area contributed by atoms with E-state index in [0.717, 1.165) is 50.5 Å². The Bertz CT molecular complexity index is 1260. The Morgan fingerprint density at radius 2 is 1.74 bits per heavy atom. The first kappa shape index (κ1) is 30.3. The molecule has 39 heavy (non-hydrogen) atoms. The predicted octanol–water partition coefficient (Wildman–Crippen LogP) is 4.35. The van der Waals surface area contributed by atoms with Gasteiger partial charge < -0.3 is 15.0 Å². The highest BCUT2D eigenvalue weighted by molar-refractivity contribution is 7.92. The highest BCUT2D eigenvalue weighted by Gasteiger charge is 2.34. The maximum absolute atomic E-state index is 13.6. The fraction of sp³-hybridized carbons (Fsp3) is 0.481. The molecule has 0 aromatic heterocycles. The molecule has 1 aliphatic rings. The number of alkyl halides is 3. The van der Waals surface area contributed by atoms with Gasteiger partial charge in [-0.15, -0.1) is 0 Å². The smallest absolute Gasteiger partial charge is 0.416 e. The van der Waals surface area contributed by atoms with Gasteiger partial charge in [-0.3, -0.25) is 13.9 Å². The molecule has 1 atom stereocenters. The van der Waals surface area contributed by atoms with E-state index < -0.39 is 40.3 Å². The first-order valence-corrected chi connectivity index (χ1v) is 14.5. The van der Waals surface area contributed by atoms with Crippen LogP contribution >= 0.6 is 0 Å². The first-order valence-electron chi connectivity index (χ1n) is 12.7. The monoisotopic (exact) mass is 569 g/mol. The third-order valence-corrected chi connectivity index (χ3v) is 7.89. The molecule has 1 fully saturated rings. The van der Waals surface area contributed by atoms with Gasteiger partial charge in [0.05, 0.1) is 24.6 Å². The molecule has 0 radical (unpaired) electrons. The van der Waals surface area contributed by atoms with Gasteiger partial charge in [-0.1, -0.05) is 37.5 Å². The maximum atomic E-state index is 13.6. The summed E-state index contributed by atoms with van der Waals surface area (Å²) in [5.74, 6) is -0.601. The number of carbonyl (C=O) groups is 2. The zero-order valence-electron chi connectivity index (χ0n) is 22.2. The highest BCUT2D eigenvalue weighted by atomic mass is 32.2. The number of amides is 2. The minimum Gasteiger partial charge on any atom is -0.497 e. The quantitative estimate of drug-likeness (QED) is 0.459. The van der Waals surface area contributed by atoms with Crippen molar-refractivity contribution in [3.63, 3.8) is 0 Å². The second kappa shape index (κ2) is 12.7. The predicted molar refractivity (Wildman–Crippen MR) is 142 cm³/mol. The van der Waals surface area contributed by atoms with Gasteiger partial charge in [-0.2, -0.15) is 13.2 Å². The number of hydrogen-bond acceptors (Lipinski definition) is 5. The van der Waals surface area contributed by atoms with E-state index in [0.29, 0.717) is 21.7 Å². The number of ether oxygens (including phenoxy) is 1. The zero-order chi connectivity index (χ0) is 28.8. The molecule has 2 aromatic carbocycles. The third kappa shape index (κ3) is 8.35. The molecule has 2 aromatic rings. The second-order valence-electron chi connectivity index (χ2n) is 9.71. The molecule has 214 valence electrons. The standard InChI is InChI=1S/C27H34F3N3O5S/c1-19(26(35)31-22-11-5-4-6-12-22)32(17-20-9-7-14-24(15-20)38-2)25(34)18-33(39(3,36)37)23-13-8-10-21(16-23)27(28,29)30/h7-10,13-16,19,22H,4-6,11-12,17-18H2,1-3H3,(H,31,35)/t19-/m1/s1. The third-order valence-electron chi connectivity index (χ3n) is 6.75. The van der Waals surface area contributed by atoms with E-state index in [9.17, 15) is 31.2 Å². The van der Waals surface area contributed by atoms with Crippen LogP contribution in [-0.2, 0) is 32.3 Å². The van der Waals surface area contributed by atoms with E-state index in [1.165, 1.54) is 18.1 Å². The first-order chi connectivity index (χ1) is 18.3. The van der Waals surface area contributed by atoms with E-state index in [1.807, 2.05) is 0 Å². The van der Waals surface area contributed by atoms with Crippen molar-refractivity contribution >= 4 is 27.5 Å². The summed E-state index contributed by atoms with van der Waals surface area (Å²) in [4.78, 5) is 28.1. The SMILES string of the molecule is COc1cccc(CN(C(=O)CN(c2cccc(C(F)(F)F)c2)S(C)(=O)=O)[C@H](C)C(=O)NC2CCCCC2)c1. The van der Waals surface area contributed by atoms with Crippen LogP contribution < -0.4 is 14.4 Å². The van der Waals surface area contributed by atoms with Crippen LogP contribution in [0.25, 0.3) is 0 Å². The second-order valence-corrected chi connectivity index (χ2v) is 11.6. The summed E-state index contributed by atoms with van der Waals surface area (Å²) in [7, 11) is -2.68. The number of halogens is 3. The fourth-order valence-corrected chi connectivity index (χ4v) is 5.41. The summed E-state index contributed by atoms with van der Waals surface area (Å²) in [6.07, 6.45) is 0.857. The number of nitrogens with one attached hydrogen (secondary N) is 1. The number of anilines is 1. The van der Waals surface area contributed by atoms with Gasteiger partial charge in [0.1, 0.15) is 18.3 Å². The van der Waals surface area contributed by atoms with E-state index >= 15 is 0 Å². The summed E-state index contributed by atoms with van der Waals surface area (Å²) in [6.45, 7) is 0.714. The molecule has 1 saturated carbocycles. The summed E-state index contributed by atoms with van der Waals surface area (Å²) < 4.78 is 71.1. The van der Waals surface area contributed by atoms with E-state index in [-0.39, 0.29) is 24.2 Å². The summed E-state index contributed by atoms with van der Waals surface area (Å²) in [5, 5.41) is 2.99. The van der Waals surface area contributed by atoms with E-state index in [1.54, 1.807) is 31.2 Å². The Morgan fingerprint density at radius 3 is 2.36 bits per heavy atom. The molecule has 2 amide bonds. The van der Waals surface area contributed by atoms with Crippen molar-refractivity contribution in [2.75, 3.05) is 24.2 Å². The van der Waals surface area contributed by atoms with Crippen molar-refractivity contribution in [2.45, 2.75) is 63.8 Å². The molecule has 0 heterocycles. The minimum atomic E-state index is -4.70. The molecule has 3 rings (SSSR count). The Kier molecular flexibility index (Phi) is 9.87. The average Bonchev–Trinajstić information content (AvgIpc) is 2.89. The van der Waals surface area contributed by atoms with Crippen LogP contribution in [0.4, 0.5) is 18.9 Å². The number of methoxy groups -OCH3 is 1. The van der Waals surface area contributed by atoms with Crippen LogP contribution in [0.3, 0.4) is 0 Å². The normalized spacial score (nSPS) is 15.3. The molecule has 1 aliphatic carbocycles. The number of carbonyl (C=O) groups excluding carboxylic acids is 2. The molecule has 0 unspecified atom stereocenters. The van der Waals surface area contributed by atoms with Gasteiger partial charge in [0.15, 0.2) is 0 Å². The Morgan fingerprint density at radius 1 is 1.08 bits per heavy atom. The van der Waals surface area contributed by atoms with Gasteiger partial charge in [-0.05, 0) is 55.7 Å². The van der Waals surface area contributed by atoms with Crippen LogP contribution in [-0.4, -0.2) is 57.1 Å². The molecule has 0 bridgehead atoms. The molecule has 12 heteroatoms. The van der Waals surface area contributed by atoms with Crippen LogP contribution in [0.1, 0.15) is 50.2 Å². The van der Waals surface area contributed by atoms with Gasteiger partial charge in [-0.25, -0.2) is 8.42 Å². The lowest BCUT2D eigenvalue weighted by Crippen LogP contribution is -2.53.